The van der Waals surface area contributed by atoms with Crippen LogP contribution in [0.15, 0.2) is 77.3 Å². The number of primary amides is 1. The van der Waals surface area contributed by atoms with Crippen LogP contribution in [0, 0.1) is 0 Å². The lowest BCUT2D eigenvalue weighted by Crippen LogP contribution is -2.10. The molecule has 8 heteroatoms. The maximum Gasteiger partial charge on any atom is 0.248 e. The van der Waals surface area contributed by atoms with Gasteiger partial charge in [0, 0.05) is 32.1 Å². The molecule has 0 unspecified atom stereocenters. The van der Waals surface area contributed by atoms with Crippen LogP contribution in [-0.4, -0.2) is 25.7 Å². The van der Waals surface area contributed by atoms with E-state index in [1.165, 1.54) is 0 Å². The van der Waals surface area contributed by atoms with Crippen LogP contribution < -0.4 is 11.1 Å². The first-order valence-corrected chi connectivity index (χ1v) is 9.97. The molecule has 0 bridgehead atoms. The van der Waals surface area contributed by atoms with Gasteiger partial charge in [-0.15, -0.1) is 15.3 Å². The molecule has 5 rings (SSSR count). The summed E-state index contributed by atoms with van der Waals surface area (Å²) >= 11 is 3.58. The Morgan fingerprint density at radius 1 is 0.900 bits per heavy atom. The van der Waals surface area contributed by atoms with E-state index in [4.69, 9.17) is 10.8 Å². The van der Waals surface area contributed by atoms with E-state index in [0.29, 0.717) is 22.9 Å². The average Bonchev–Trinajstić information content (AvgIpc) is 3.18. The Balaban J connectivity index is 1.69. The normalized spacial score (nSPS) is 11.1. The third-order valence-corrected chi connectivity index (χ3v) is 5.50. The SMILES string of the molecule is NC(=O)c1ccc(Nc2nn3c(-c4ccccc4Br)nnc3c3ccccc23)cc1. The third-order valence-electron chi connectivity index (χ3n) is 4.81. The van der Waals surface area contributed by atoms with Crippen molar-refractivity contribution >= 4 is 49.8 Å². The highest BCUT2D eigenvalue weighted by atomic mass is 79.9. The number of hydrogen-bond acceptors (Lipinski definition) is 5. The van der Waals surface area contributed by atoms with Crippen molar-refractivity contribution in [3.8, 4) is 11.4 Å². The molecule has 2 aromatic heterocycles. The Bertz CT molecular complexity index is 1410. The van der Waals surface area contributed by atoms with Crippen LogP contribution in [0.4, 0.5) is 11.5 Å². The van der Waals surface area contributed by atoms with Crippen molar-refractivity contribution in [3.05, 3.63) is 82.8 Å². The second kappa shape index (κ2) is 7.23. The number of fused-ring (bicyclic) bond motifs is 3. The molecule has 0 aliphatic heterocycles. The number of nitrogens with zero attached hydrogens (tertiary/aromatic N) is 4. The van der Waals surface area contributed by atoms with Crippen LogP contribution in [0.3, 0.4) is 0 Å². The highest BCUT2D eigenvalue weighted by Crippen LogP contribution is 2.31. The molecule has 0 saturated carbocycles. The second-order valence-corrected chi connectivity index (χ2v) is 7.55. The van der Waals surface area contributed by atoms with E-state index in [-0.39, 0.29) is 0 Å². The maximum atomic E-state index is 11.3. The molecule has 146 valence electrons. The van der Waals surface area contributed by atoms with Crippen LogP contribution in [0.25, 0.3) is 27.8 Å². The molecule has 3 N–H and O–H groups in total. The number of nitrogens with one attached hydrogen (secondary N) is 1. The van der Waals surface area contributed by atoms with Crippen LogP contribution >= 0.6 is 15.9 Å². The average molecular weight is 459 g/mol. The van der Waals surface area contributed by atoms with Gasteiger partial charge in [0.2, 0.25) is 5.91 Å². The van der Waals surface area contributed by atoms with E-state index in [2.05, 4.69) is 31.4 Å². The summed E-state index contributed by atoms with van der Waals surface area (Å²) in [7, 11) is 0. The van der Waals surface area contributed by atoms with Gasteiger partial charge in [0.05, 0.1) is 0 Å². The summed E-state index contributed by atoms with van der Waals surface area (Å²) in [5, 5.41) is 18.8. The zero-order valence-electron chi connectivity index (χ0n) is 15.6. The zero-order valence-corrected chi connectivity index (χ0v) is 17.2. The first kappa shape index (κ1) is 18.3. The Morgan fingerprint density at radius 3 is 2.33 bits per heavy atom. The fraction of sp³-hybridized carbons (Fsp3) is 0. The number of benzene rings is 3. The van der Waals surface area contributed by atoms with E-state index in [1.807, 2.05) is 48.5 Å². The topological polar surface area (TPSA) is 98.2 Å². The Labute approximate surface area is 179 Å². The number of halogens is 1. The molecule has 0 aliphatic carbocycles. The summed E-state index contributed by atoms with van der Waals surface area (Å²) in [6.45, 7) is 0. The van der Waals surface area contributed by atoms with Gasteiger partial charge in [-0.05, 0) is 36.4 Å². The first-order valence-electron chi connectivity index (χ1n) is 9.18. The van der Waals surface area contributed by atoms with E-state index in [9.17, 15) is 4.79 Å². The Morgan fingerprint density at radius 2 is 1.60 bits per heavy atom. The van der Waals surface area contributed by atoms with Crippen LogP contribution in [-0.2, 0) is 0 Å². The van der Waals surface area contributed by atoms with E-state index in [1.54, 1.807) is 28.8 Å². The fourth-order valence-electron chi connectivity index (χ4n) is 3.34. The van der Waals surface area contributed by atoms with Gasteiger partial charge in [0.1, 0.15) is 0 Å². The lowest BCUT2D eigenvalue weighted by atomic mass is 10.1. The summed E-state index contributed by atoms with van der Waals surface area (Å²) < 4.78 is 2.65. The number of aromatic nitrogens is 4. The molecular formula is C22H15BrN6O. The Hall–Kier alpha value is -3.78. The van der Waals surface area contributed by atoms with Crippen LogP contribution in [0.2, 0.25) is 0 Å². The summed E-state index contributed by atoms with van der Waals surface area (Å²) in [6, 6.07) is 22.6. The number of amides is 1. The highest BCUT2D eigenvalue weighted by molar-refractivity contribution is 9.10. The van der Waals surface area contributed by atoms with Crippen molar-refractivity contribution < 1.29 is 4.79 Å². The third kappa shape index (κ3) is 3.07. The minimum atomic E-state index is -0.464. The summed E-state index contributed by atoms with van der Waals surface area (Å²) in [6.07, 6.45) is 0. The molecule has 5 aromatic rings. The lowest BCUT2D eigenvalue weighted by molar-refractivity contribution is 0.100. The summed E-state index contributed by atoms with van der Waals surface area (Å²) in [4.78, 5) is 11.3. The smallest absolute Gasteiger partial charge is 0.248 e. The van der Waals surface area contributed by atoms with Gasteiger partial charge >= 0.3 is 0 Å². The molecule has 0 fully saturated rings. The monoisotopic (exact) mass is 458 g/mol. The fourth-order valence-corrected chi connectivity index (χ4v) is 3.80. The predicted octanol–water partition coefficient (Wildman–Crippen LogP) is 4.55. The van der Waals surface area contributed by atoms with Gasteiger partial charge in [-0.25, -0.2) is 0 Å². The van der Waals surface area contributed by atoms with E-state index >= 15 is 0 Å². The van der Waals surface area contributed by atoms with E-state index < -0.39 is 5.91 Å². The molecule has 2 heterocycles. The van der Waals surface area contributed by atoms with Gasteiger partial charge < -0.3 is 11.1 Å². The van der Waals surface area contributed by atoms with Crippen LogP contribution in [0.5, 0.6) is 0 Å². The molecule has 0 aliphatic rings. The van der Waals surface area contributed by atoms with Crippen molar-refractivity contribution in [2.75, 3.05) is 5.32 Å². The number of carbonyl (C=O) groups excluding carboxylic acids is 1. The molecule has 0 atom stereocenters. The van der Waals surface area contributed by atoms with E-state index in [0.717, 1.165) is 26.5 Å². The minimum Gasteiger partial charge on any atom is -0.366 e. The number of carbonyl (C=O) groups is 1. The highest BCUT2D eigenvalue weighted by Gasteiger charge is 2.17. The van der Waals surface area contributed by atoms with Crippen molar-refractivity contribution in [1.82, 2.24) is 19.8 Å². The van der Waals surface area contributed by atoms with Crippen molar-refractivity contribution in [3.63, 3.8) is 0 Å². The quantitative estimate of drug-likeness (QED) is 0.411. The molecule has 0 saturated heterocycles. The number of nitrogens with two attached hydrogens (primary N) is 1. The van der Waals surface area contributed by atoms with Crippen molar-refractivity contribution in [2.24, 2.45) is 5.73 Å². The second-order valence-electron chi connectivity index (χ2n) is 6.70. The van der Waals surface area contributed by atoms with Gasteiger partial charge in [-0.3, -0.25) is 4.79 Å². The summed E-state index contributed by atoms with van der Waals surface area (Å²) in [5.74, 6) is 0.822. The van der Waals surface area contributed by atoms with Gasteiger partial charge in [-0.1, -0.05) is 52.3 Å². The molecule has 7 nitrogen and oxygen atoms in total. The number of rotatable bonds is 4. The minimum absolute atomic E-state index is 0.448. The summed E-state index contributed by atoms with van der Waals surface area (Å²) in [5.41, 5.74) is 8.13. The molecule has 3 aromatic carbocycles. The van der Waals surface area contributed by atoms with Gasteiger partial charge in [0.25, 0.3) is 0 Å². The number of hydrogen-bond donors (Lipinski definition) is 2. The molecule has 30 heavy (non-hydrogen) atoms. The lowest BCUT2D eigenvalue weighted by Gasteiger charge is -2.11. The first-order chi connectivity index (χ1) is 14.6. The van der Waals surface area contributed by atoms with Gasteiger partial charge in [-0.2, -0.15) is 4.52 Å². The molecular weight excluding hydrogens is 444 g/mol. The number of anilines is 2. The predicted molar refractivity (Wildman–Crippen MR) is 120 cm³/mol. The molecule has 0 spiro atoms. The largest absolute Gasteiger partial charge is 0.366 e. The van der Waals surface area contributed by atoms with Crippen molar-refractivity contribution in [2.45, 2.75) is 0 Å². The maximum absolute atomic E-state index is 11.3. The van der Waals surface area contributed by atoms with Gasteiger partial charge in [0.15, 0.2) is 17.3 Å². The van der Waals surface area contributed by atoms with Crippen LogP contribution in [0.1, 0.15) is 10.4 Å². The standard InChI is InChI=1S/C22H15BrN6O/c23-18-8-4-3-7-17(18)22-27-26-21-16-6-2-1-5-15(16)20(28-29(21)22)25-14-11-9-13(10-12-14)19(24)30/h1-12H,(H2,24,30)(H,25,28). The van der Waals surface area contributed by atoms with Crippen molar-refractivity contribution in [1.29, 1.82) is 0 Å². The molecule has 0 radical (unpaired) electrons. The zero-order chi connectivity index (χ0) is 20.7. The Kier molecular flexibility index (Phi) is 4.40. The molecule has 1 amide bonds.